The summed E-state index contributed by atoms with van der Waals surface area (Å²) >= 11 is 0. The first-order valence-electron chi connectivity index (χ1n) is 11.9. The van der Waals surface area contributed by atoms with Crippen molar-refractivity contribution in [1.82, 2.24) is 9.80 Å². The van der Waals surface area contributed by atoms with E-state index in [1.807, 2.05) is 23.1 Å². The number of carbonyl (C=O) groups is 3. The fourth-order valence-electron chi connectivity index (χ4n) is 5.37. The minimum absolute atomic E-state index is 0.00456. The highest BCUT2D eigenvalue weighted by atomic mass is 19.1. The van der Waals surface area contributed by atoms with Crippen LogP contribution in [0.25, 0.3) is 0 Å². The molecule has 180 valence electrons. The Morgan fingerprint density at radius 2 is 1.82 bits per heavy atom. The van der Waals surface area contributed by atoms with E-state index in [0.717, 1.165) is 11.6 Å². The number of amides is 2. The lowest BCUT2D eigenvalue weighted by Crippen LogP contribution is -2.49. The van der Waals surface area contributed by atoms with Crippen LogP contribution in [0.4, 0.5) is 8.78 Å². The first-order valence-corrected chi connectivity index (χ1v) is 11.9. The van der Waals surface area contributed by atoms with Crippen LogP contribution in [0.1, 0.15) is 60.0 Å². The van der Waals surface area contributed by atoms with Crippen LogP contribution in [0, 0.1) is 17.6 Å². The van der Waals surface area contributed by atoms with E-state index >= 15 is 0 Å². The van der Waals surface area contributed by atoms with Crippen LogP contribution >= 0.6 is 0 Å². The largest absolute Gasteiger partial charge is 0.342 e. The van der Waals surface area contributed by atoms with Crippen LogP contribution < -0.4 is 0 Å². The molecule has 4 rings (SSSR count). The molecule has 0 spiro atoms. The molecule has 7 heteroatoms. The van der Waals surface area contributed by atoms with E-state index in [4.69, 9.17) is 0 Å². The molecular formula is C27H30F2N2O3. The Morgan fingerprint density at radius 3 is 2.50 bits per heavy atom. The number of hydrogen-bond acceptors (Lipinski definition) is 3. The molecule has 0 radical (unpaired) electrons. The van der Waals surface area contributed by atoms with E-state index in [2.05, 4.69) is 0 Å². The molecule has 1 fully saturated rings. The summed E-state index contributed by atoms with van der Waals surface area (Å²) < 4.78 is 27.8. The Bertz CT molecular complexity index is 1100. The van der Waals surface area contributed by atoms with Crippen molar-refractivity contribution in [1.29, 1.82) is 0 Å². The summed E-state index contributed by atoms with van der Waals surface area (Å²) in [5.41, 5.74) is 1.82. The first-order chi connectivity index (χ1) is 16.3. The zero-order valence-corrected chi connectivity index (χ0v) is 19.6. The van der Waals surface area contributed by atoms with E-state index in [1.165, 1.54) is 12.1 Å². The minimum atomic E-state index is -0.630. The van der Waals surface area contributed by atoms with E-state index < -0.39 is 17.6 Å². The molecule has 2 atom stereocenters. The fourth-order valence-corrected chi connectivity index (χ4v) is 5.37. The summed E-state index contributed by atoms with van der Waals surface area (Å²) in [6, 6.07) is 10.6. The zero-order chi connectivity index (χ0) is 24.4. The predicted octanol–water partition coefficient (Wildman–Crippen LogP) is 4.35. The molecule has 1 aliphatic carbocycles. The highest BCUT2D eigenvalue weighted by molar-refractivity contribution is 6.06. The lowest BCUT2D eigenvalue weighted by Gasteiger charge is -2.40. The number of benzene rings is 2. The average molecular weight is 469 g/mol. The second-order valence-electron chi connectivity index (χ2n) is 9.30. The van der Waals surface area contributed by atoms with Crippen molar-refractivity contribution in [3.05, 3.63) is 70.8 Å². The van der Waals surface area contributed by atoms with Gasteiger partial charge in [0, 0.05) is 50.7 Å². The Kier molecular flexibility index (Phi) is 7.10. The van der Waals surface area contributed by atoms with E-state index in [0.29, 0.717) is 43.5 Å². The Morgan fingerprint density at radius 1 is 1.12 bits per heavy atom. The predicted molar refractivity (Wildman–Crippen MR) is 124 cm³/mol. The quantitative estimate of drug-likeness (QED) is 0.633. The molecular weight excluding hydrogens is 438 g/mol. The molecule has 0 N–H and O–H groups in total. The topological polar surface area (TPSA) is 57.7 Å². The number of likely N-dealkylation sites (tertiary alicyclic amines) is 1. The fraction of sp³-hybridized carbons (Fsp3) is 0.444. The van der Waals surface area contributed by atoms with Crippen molar-refractivity contribution in [2.45, 2.75) is 51.0 Å². The van der Waals surface area contributed by atoms with E-state index in [1.54, 1.807) is 24.9 Å². The van der Waals surface area contributed by atoms with Gasteiger partial charge in [-0.3, -0.25) is 14.4 Å². The second kappa shape index (κ2) is 10.0. The number of piperidine rings is 1. The van der Waals surface area contributed by atoms with Crippen LogP contribution in [-0.4, -0.2) is 53.6 Å². The van der Waals surface area contributed by atoms with Crippen molar-refractivity contribution in [2.75, 3.05) is 20.1 Å². The summed E-state index contributed by atoms with van der Waals surface area (Å²) in [6.45, 7) is 2.83. The molecule has 0 bridgehead atoms. The van der Waals surface area contributed by atoms with Gasteiger partial charge in [0.1, 0.15) is 11.6 Å². The van der Waals surface area contributed by atoms with E-state index in [9.17, 15) is 23.2 Å². The zero-order valence-electron chi connectivity index (χ0n) is 19.6. The van der Waals surface area contributed by atoms with Crippen molar-refractivity contribution in [3.8, 4) is 0 Å². The van der Waals surface area contributed by atoms with Gasteiger partial charge < -0.3 is 9.80 Å². The number of likely N-dealkylation sites (N-methyl/N-ethyl adjacent to an activating group) is 1. The summed E-state index contributed by atoms with van der Waals surface area (Å²) in [5, 5.41) is 0. The molecule has 0 unspecified atom stereocenters. The molecule has 2 aromatic rings. The maximum absolute atomic E-state index is 14.4. The van der Waals surface area contributed by atoms with Crippen LogP contribution in [-0.2, 0) is 16.0 Å². The third-order valence-electron chi connectivity index (χ3n) is 7.36. The number of nitrogens with zero attached hydrogens (tertiary/aromatic N) is 2. The molecule has 1 aliphatic heterocycles. The molecule has 2 aliphatic rings. The van der Waals surface area contributed by atoms with Crippen molar-refractivity contribution in [3.63, 3.8) is 0 Å². The van der Waals surface area contributed by atoms with Gasteiger partial charge >= 0.3 is 0 Å². The van der Waals surface area contributed by atoms with Crippen LogP contribution in [0.15, 0.2) is 42.5 Å². The van der Waals surface area contributed by atoms with Crippen molar-refractivity contribution in [2.24, 2.45) is 5.92 Å². The van der Waals surface area contributed by atoms with Gasteiger partial charge in [-0.1, -0.05) is 37.3 Å². The number of carbonyl (C=O) groups excluding carboxylic acids is 3. The lowest BCUT2D eigenvalue weighted by molar-refractivity contribution is -0.137. The van der Waals surface area contributed by atoms with Gasteiger partial charge in [-0.15, -0.1) is 0 Å². The number of Topliss-reactive ketones (excluding diaryl/α,β-unsaturated/α-hetero) is 1. The second-order valence-corrected chi connectivity index (χ2v) is 9.30. The Hall–Kier alpha value is -3.09. The monoisotopic (exact) mass is 468 g/mol. The molecule has 34 heavy (non-hydrogen) atoms. The summed E-state index contributed by atoms with van der Waals surface area (Å²) in [7, 11) is 1.73. The normalized spacial score (nSPS) is 19.1. The van der Waals surface area contributed by atoms with Crippen LogP contribution in [0.3, 0.4) is 0 Å². The number of ketones is 1. The molecule has 2 amide bonds. The molecule has 0 saturated carbocycles. The van der Waals surface area contributed by atoms with Crippen LogP contribution in [0.5, 0.6) is 0 Å². The maximum Gasteiger partial charge on any atom is 0.230 e. The number of rotatable bonds is 6. The van der Waals surface area contributed by atoms with Gasteiger partial charge in [-0.2, -0.15) is 0 Å². The van der Waals surface area contributed by atoms with E-state index in [-0.39, 0.29) is 42.4 Å². The Balaban J connectivity index is 1.47. The standard InChI is InChI=1S/C27H30F2N2O3/c1-3-26(33)30(2)24(14-18-8-9-19(28)15-23(18)29)17-10-12-31(13-11-17)27(34)22-16-25(32)21-7-5-4-6-20(21)22/h4-9,15,17,22,24H,3,10-14,16H2,1-2H3/t22-,24+/m1/s1. The van der Waals surface area contributed by atoms with Crippen LogP contribution in [0.2, 0.25) is 0 Å². The van der Waals surface area contributed by atoms with Gasteiger partial charge in [-0.05, 0) is 42.4 Å². The van der Waals surface area contributed by atoms with Crippen molar-refractivity contribution >= 4 is 17.6 Å². The summed E-state index contributed by atoms with van der Waals surface area (Å²) in [4.78, 5) is 41.6. The molecule has 1 heterocycles. The highest BCUT2D eigenvalue weighted by Crippen LogP contribution is 2.36. The van der Waals surface area contributed by atoms with Gasteiger partial charge in [0.2, 0.25) is 11.8 Å². The lowest BCUT2D eigenvalue weighted by atomic mass is 9.84. The summed E-state index contributed by atoms with van der Waals surface area (Å²) in [5.74, 6) is -1.66. The third-order valence-corrected chi connectivity index (χ3v) is 7.36. The molecule has 5 nitrogen and oxygen atoms in total. The smallest absolute Gasteiger partial charge is 0.230 e. The SMILES string of the molecule is CCC(=O)N(C)[C@@H](Cc1ccc(F)cc1F)C1CCN(C(=O)[C@@H]2CC(=O)c3ccccc32)CC1. The molecule has 1 saturated heterocycles. The third kappa shape index (κ3) is 4.74. The van der Waals surface area contributed by atoms with Gasteiger partial charge in [0.15, 0.2) is 5.78 Å². The molecule has 0 aromatic heterocycles. The number of hydrogen-bond donors (Lipinski definition) is 0. The minimum Gasteiger partial charge on any atom is -0.342 e. The number of halogens is 2. The first kappa shape index (κ1) is 24.0. The van der Waals surface area contributed by atoms with Gasteiger partial charge in [0.05, 0.1) is 5.92 Å². The van der Waals surface area contributed by atoms with Gasteiger partial charge in [-0.25, -0.2) is 8.78 Å². The highest BCUT2D eigenvalue weighted by Gasteiger charge is 2.39. The average Bonchev–Trinajstić information content (AvgIpc) is 3.19. The number of fused-ring (bicyclic) bond motifs is 1. The summed E-state index contributed by atoms with van der Waals surface area (Å²) in [6.07, 6.45) is 2.17. The molecule has 2 aromatic carbocycles. The maximum atomic E-state index is 14.4. The van der Waals surface area contributed by atoms with Crippen molar-refractivity contribution < 1.29 is 23.2 Å². The van der Waals surface area contributed by atoms with Gasteiger partial charge in [0.25, 0.3) is 0 Å². The Labute approximate surface area is 198 Å².